The van der Waals surface area contributed by atoms with Crippen LogP contribution in [0.15, 0.2) is 71.5 Å². The van der Waals surface area contributed by atoms with Crippen molar-refractivity contribution in [3.63, 3.8) is 0 Å². The van der Waals surface area contributed by atoms with Crippen LogP contribution in [0.25, 0.3) is 11.0 Å². The van der Waals surface area contributed by atoms with Crippen LogP contribution in [-0.4, -0.2) is 35.0 Å². The number of aromatic nitrogens is 2. The van der Waals surface area contributed by atoms with Gasteiger partial charge in [-0.25, -0.2) is 13.2 Å². The number of nitrogens with one attached hydrogen (secondary N) is 1. The molecule has 0 saturated carbocycles. The molecule has 0 fully saturated rings. The zero-order chi connectivity index (χ0) is 24.3. The highest BCUT2D eigenvalue weighted by Gasteiger charge is 2.18. The maximum absolute atomic E-state index is 12.4. The average molecular weight is 484 g/mol. The van der Waals surface area contributed by atoms with Gasteiger partial charge in [-0.2, -0.15) is 0 Å². The largest absolute Gasteiger partial charge is 0.489 e. The zero-order valence-corrected chi connectivity index (χ0v) is 19.6. The molecule has 0 aliphatic carbocycles. The molecule has 10 heteroatoms. The molecule has 3 aromatic carbocycles. The quantitative estimate of drug-likeness (QED) is 0.379. The van der Waals surface area contributed by atoms with Gasteiger partial charge in [-0.05, 0) is 23.8 Å². The fourth-order valence-corrected chi connectivity index (χ4v) is 4.36. The van der Waals surface area contributed by atoms with Gasteiger partial charge in [0.15, 0.2) is 5.75 Å². The Morgan fingerprint density at radius 3 is 2.29 bits per heavy atom. The first-order valence-electron chi connectivity index (χ1n) is 10.5. The Morgan fingerprint density at radius 1 is 0.912 bits per heavy atom. The molecular weight excluding hydrogens is 458 g/mol. The fourth-order valence-electron chi connectivity index (χ4n) is 3.52. The van der Waals surface area contributed by atoms with E-state index in [1.807, 2.05) is 30.3 Å². The Labute approximate surface area is 196 Å². The monoisotopic (exact) mass is 483 g/mol. The van der Waals surface area contributed by atoms with Crippen LogP contribution < -0.4 is 19.9 Å². The van der Waals surface area contributed by atoms with E-state index >= 15 is 0 Å². The summed E-state index contributed by atoms with van der Waals surface area (Å²) in [7, 11) is -0.602. The predicted octanol–water partition coefficient (Wildman–Crippen LogP) is 2.98. The van der Waals surface area contributed by atoms with Gasteiger partial charge in [-0.3, -0.25) is 13.9 Å². The lowest BCUT2D eigenvalue weighted by Crippen LogP contribution is -2.19. The summed E-state index contributed by atoms with van der Waals surface area (Å²) >= 11 is 0. The lowest BCUT2D eigenvalue weighted by Gasteiger charge is -2.15. The van der Waals surface area contributed by atoms with Gasteiger partial charge < -0.3 is 14.6 Å². The molecule has 1 aromatic heterocycles. The Balaban J connectivity index is 1.68. The highest BCUT2D eigenvalue weighted by Crippen LogP contribution is 2.35. The second-order valence-corrected chi connectivity index (χ2v) is 9.58. The van der Waals surface area contributed by atoms with Gasteiger partial charge in [-0.15, -0.1) is 0 Å². The van der Waals surface area contributed by atoms with Gasteiger partial charge >= 0.3 is 5.69 Å². The first kappa shape index (κ1) is 23.4. The Hall–Kier alpha value is -3.76. The molecule has 1 heterocycles. The highest BCUT2D eigenvalue weighted by atomic mass is 32.2. The molecule has 0 aliphatic rings. The summed E-state index contributed by atoms with van der Waals surface area (Å²) < 4.78 is 41.9. The van der Waals surface area contributed by atoms with Crippen LogP contribution in [0.1, 0.15) is 5.56 Å². The standard InChI is InChI=1S/C24H25N3O6S/c1-26-21-14-20(25-34(30,31)12-11-28)23(15-22(21)27(2)24(26)29)33-19-10-6-9-18(13-19)32-16-17-7-4-3-5-8-17/h3-10,13-15,25,28H,11-12,16H2,1-2H3. The lowest BCUT2D eigenvalue weighted by atomic mass is 10.2. The van der Waals surface area contributed by atoms with Crippen molar-refractivity contribution in [2.24, 2.45) is 14.1 Å². The van der Waals surface area contributed by atoms with Gasteiger partial charge in [0.1, 0.15) is 18.1 Å². The minimum absolute atomic E-state index is 0.151. The molecule has 34 heavy (non-hydrogen) atoms. The van der Waals surface area contributed by atoms with Crippen molar-refractivity contribution in [1.82, 2.24) is 9.13 Å². The van der Waals surface area contributed by atoms with Gasteiger partial charge in [0.2, 0.25) is 10.0 Å². The number of imidazole rings is 1. The number of aliphatic hydroxyl groups is 1. The van der Waals surface area contributed by atoms with Crippen LogP contribution in [0, 0.1) is 0 Å². The number of hydrogen-bond acceptors (Lipinski definition) is 6. The van der Waals surface area contributed by atoms with Crippen molar-refractivity contribution in [2.75, 3.05) is 17.1 Å². The number of ether oxygens (including phenoxy) is 2. The summed E-state index contributed by atoms with van der Waals surface area (Å²) in [5.74, 6) is 0.738. The van der Waals surface area contributed by atoms with Gasteiger partial charge in [-0.1, -0.05) is 36.4 Å². The van der Waals surface area contributed by atoms with Crippen molar-refractivity contribution in [2.45, 2.75) is 6.61 Å². The third-order valence-electron chi connectivity index (χ3n) is 5.28. The van der Waals surface area contributed by atoms with E-state index in [1.165, 1.54) is 15.2 Å². The van der Waals surface area contributed by atoms with E-state index in [0.29, 0.717) is 29.1 Å². The van der Waals surface area contributed by atoms with Crippen molar-refractivity contribution in [3.8, 4) is 17.2 Å². The first-order valence-corrected chi connectivity index (χ1v) is 12.2. The number of nitrogens with zero attached hydrogens (tertiary/aromatic N) is 2. The molecule has 0 amide bonds. The lowest BCUT2D eigenvalue weighted by molar-refractivity contribution is 0.304. The molecule has 0 bridgehead atoms. The molecule has 4 aromatic rings. The molecule has 0 spiro atoms. The number of benzene rings is 3. The van der Waals surface area contributed by atoms with Crippen LogP contribution in [0.2, 0.25) is 0 Å². The van der Waals surface area contributed by atoms with Crippen LogP contribution >= 0.6 is 0 Å². The number of hydrogen-bond donors (Lipinski definition) is 2. The third kappa shape index (κ3) is 5.08. The molecular formula is C24H25N3O6S. The van der Waals surface area contributed by atoms with Gasteiger partial charge in [0.05, 0.1) is 29.1 Å². The second-order valence-electron chi connectivity index (χ2n) is 7.73. The van der Waals surface area contributed by atoms with Gasteiger partial charge in [0.25, 0.3) is 0 Å². The number of fused-ring (bicyclic) bond motifs is 1. The van der Waals surface area contributed by atoms with Gasteiger partial charge in [0, 0.05) is 26.2 Å². The second kappa shape index (κ2) is 9.62. The van der Waals surface area contributed by atoms with E-state index in [2.05, 4.69) is 4.72 Å². The summed E-state index contributed by atoms with van der Waals surface area (Å²) in [5, 5.41) is 9.09. The molecule has 4 rings (SSSR count). The average Bonchev–Trinajstić information content (AvgIpc) is 3.02. The number of rotatable bonds is 9. The minimum atomic E-state index is -3.83. The summed E-state index contributed by atoms with van der Waals surface area (Å²) in [6, 6.07) is 19.8. The number of aliphatic hydroxyl groups excluding tert-OH is 1. The Kier molecular flexibility index (Phi) is 6.62. The van der Waals surface area contributed by atoms with Crippen LogP contribution in [0.3, 0.4) is 0 Å². The van der Waals surface area contributed by atoms with Crippen molar-refractivity contribution in [3.05, 3.63) is 82.8 Å². The van der Waals surface area contributed by atoms with Crippen LogP contribution in [0.4, 0.5) is 5.69 Å². The molecule has 0 aliphatic heterocycles. The molecule has 9 nitrogen and oxygen atoms in total. The van der Waals surface area contributed by atoms with Crippen LogP contribution in [-0.2, 0) is 30.7 Å². The number of aryl methyl sites for hydroxylation is 2. The Bertz CT molecular complexity index is 1480. The Morgan fingerprint density at radius 2 is 1.59 bits per heavy atom. The zero-order valence-electron chi connectivity index (χ0n) is 18.8. The van der Waals surface area contributed by atoms with Crippen molar-refractivity contribution < 1.29 is 23.0 Å². The van der Waals surface area contributed by atoms with E-state index < -0.39 is 22.4 Å². The van der Waals surface area contributed by atoms with Crippen molar-refractivity contribution >= 4 is 26.7 Å². The van der Waals surface area contributed by atoms with Crippen molar-refractivity contribution in [1.29, 1.82) is 0 Å². The molecule has 0 radical (unpaired) electrons. The summed E-state index contributed by atoms with van der Waals surface area (Å²) in [5.41, 5.74) is 2.01. The summed E-state index contributed by atoms with van der Waals surface area (Å²) in [4.78, 5) is 12.4. The van der Waals surface area contributed by atoms with E-state index in [-0.39, 0.29) is 17.1 Å². The fraction of sp³-hybridized carbons (Fsp3) is 0.208. The predicted molar refractivity (Wildman–Crippen MR) is 130 cm³/mol. The smallest absolute Gasteiger partial charge is 0.328 e. The topological polar surface area (TPSA) is 112 Å². The SMILES string of the molecule is Cn1c(=O)n(C)c2cc(Oc3cccc(OCc4ccccc4)c3)c(NS(=O)(=O)CCO)cc21. The number of anilines is 1. The number of sulfonamides is 1. The summed E-state index contributed by atoms with van der Waals surface area (Å²) in [6.45, 7) is -0.146. The first-order chi connectivity index (χ1) is 16.3. The third-order valence-corrected chi connectivity index (χ3v) is 6.53. The maximum Gasteiger partial charge on any atom is 0.328 e. The molecule has 0 atom stereocenters. The highest BCUT2D eigenvalue weighted by molar-refractivity contribution is 7.92. The minimum Gasteiger partial charge on any atom is -0.489 e. The van der Waals surface area contributed by atoms with E-state index in [9.17, 15) is 13.2 Å². The van der Waals surface area contributed by atoms with Crippen LogP contribution in [0.5, 0.6) is 17.2 Å². The normalized spacial score (nSPS) is 11.5. The molecule has 178 valence electrons. The van der Waals surface area contributed by atoms with E-state index in [0.717, 1.165) is 5.56 Å². The molecule has 2 N–H and O–H groups in total. The summed E-state index contributed by atoms with van der Waals surface area (Å²) in [6.07, 6.45) is 0. The van der Waals surface area contributed by atoms with E-state index in [1.54, 1.807) is 44.4 Å². The molecule has 0 unspecified atom stereocenters. The maximum atomic E-state index is 12.4. The molecule has 0 saturated heterocycles. The van der Waals surface area contributed by atoms with E-state index in [4.69, 9.17) is 14.6 Å².